The van der Waals surface area contributed by atoms with Gasteiger partial charge in [-0.15, -0.1) is 0 Å². The summed E-state index contributed by atoms with van der Waals surface area (Å²) < 4.78 is 46.0. The van der Waals surface area contributed by atoms with Crippen molar-refractivity contribution in [3.05, 3.63) is 27.8 Å². The fourth-order valence-electron chi connectivity index (χ4n) is 3.61. The Hall–Kier alpha value is -3.10. The number of alkyl halides is 3. The van der Waals surface area contributed by atoms with E-state index in [9.17, 15) is 27.6 Å². The van der Waals surface area contributed by atoms with Gasteiger partial charge in [0.2, 0.25) is 5.91 Å². The van der Waals surface area contributed by atoms with Crippen LogP contribution in [0.25, 0.3) is 0 Å². The lowest BCUT2D eigenvalue weighted by molar-refractivity contribution is -0.142. The van der Waals surface area contributed by atoms with Gasteiger partial charge in [0.25, 0.3) is 5.91 Å². The molecule has 1 aliphatic heterocycles. The topological polar surface area (TPSA) is 115 Å². The number of rotatable bonds is 5. The zero-order valence-corrected chi connectivity index (χ0v) is 21.1. The normalized spacial score (nSPS) is 15.2. The highest BCUT2D eigenvalue weighted by Crippen LogP contribution is 2.35. The van der Waals surface area contributed by atoms with Gasteiger partial charge < -0.3 is 19.9 Å². The van der Waals surface area contributed by atoms with Crippen molar-refractivity contribution in [3.63, 3.8) is 0 Å². The molecule has 0 spiro atoms. The summed E-state index contributed by atoms with van der Waals surface area (Å²) in [5.74, 6) is -1.04. The molecule has 1 fully saturated rings. The van der Waals surface area contributed by atoms with E-state index in [4.69, 9.17) is 4.74 Å². The van der Waals surface area contributed by atoms with Crippen LogP contribution in [-0.2, 0) is 22.8 Å². The van der Waals surface area contributed by atoms with E-state index in [0.29, 0.717) is 31.9 Å². The number of ether oxygens (including phenoxy) is 1. The number of nitrogens with zero attached hydrogens (tertiary/aromatic N) is 6. The average molecular weight is 564 g/mol. The maximum Gasteiger partial charge on any atom is 0.436 e. The van der Waals surface area contributed by atoms with Crippen molar-refractivity contribution in [1.29, 1.82) is 0 Å². The van der Waals surface area contributed by atoms with Gasteiger partial charge in [0.1, 0.15) is 11.7 Å². The molecule has 1 saturated heterocycles. The van der Waals surface area contributed by atoms with Crippen molar-refractivity contribution in [3.8, 4) is 0 Å². The smallest absolute Gasteiger partial charge is 0.436 e. The molecule has 35 heavy (non-hydrogen) atoms. The van der Waals surface area contributed by atoms with E-state index in [1.54, 1.807) is 25.7 Å². The Kier molecular flexibility index (Phi) is 7.77. The zero-order valence-electron chi connectivity index (χ0n) is 19.5. The van der Waals surface area contributed by atoms with Crippen LogP contribution in [0, 0.1) is 6.92 Å². The molecule has 192 valence electrons. The highest BCUT2D eigenvalue weighted by atomic mass is 79.9. The summed E-state index contributed by atoms with van der Waals surface area (Å²) in [5, 5.41) is 10.2. The first-order valence-electron chi connectivity index (χ1n) is 10.7. The van der Waals surface area contributed by atoms with Crippen LogP contribution < -0.4 is 5.32 Å². The summed E-state index contributed by atoms with van der Waals surface area (Å²) in [7, 11) is 1.23. The van der Waals surface area contributed by atoms with Crippen molar-refractivity contribution < 1.29 is 32.3 Å². The third-order valence-electron chi connectivity index (χ3n) is 5.51. The predicted octanol–water partition coefficient (Wildman–Crippen LogP) is 2.82. The number of piperazine rings is 1. The first kappa shape index (κ1) is 26.5. The number of amides is 3. The van der Waals surface area contributed by atoms with Gasteiger partial charge in [0, 0.05) is 39.4 Å². The van der Waals surface area contributed by atoms with Crippen LogP contribution in [-0.4, -0.2) is 80.1 Å². The number of anilines is 1. The summed E-state index contributed by atoms with van der Waals surface area (Å²) in [6.45, 7) is 6.59. The molecule has 15 heteroatoms. The second kappa shape index (κ2) is 10.3. The minimum atomic E-state index is -4.73. The van der Waals surface area contributed by atoms with Crippen LogP contribution in [0.3, 0.4) is 0 Å². The van der Waals surface area contributed by atoms with Gasteiger partial charge in [-0.3, -0.25) is 19.0 Å². The van der Waals surface area contributed by atoms with Crippen LogP contribution in [0.2, 0.25) is 0 Å². The molecule has 2 aromatic heterocycles. The molecule has 1 aliphatic rings. The largest absolute Gasteiger partial charge is 0.450 e. The average Bonchev–Trinajstić information content (AvgIpc) is 3.31. The van der Waals surface area contributed by atoms with Crippen molar-refractivity contribution in [2.75, 3.05) is 38.1 Å². The van der Waals surface area contributed by atoms with Gasteiger partial charge in [0.15, 0.2) is 5.69 Å². The molecular formula is C20H25BrF3N7O4. The lowest BCUT2D eigenvalue weighted by Gasteiger charge is -2.35. The molecule has 1 N–H and O–H groups in total. The fraction of sp³-hybridized carbons (Fsp3) is 0.550. The summed E-state index contributed by atoms with van der Waals surface area (Å²) in [5.41, 5.74) is -0.907. The number of aromatic nitrogens is 4. The van der Waals surface area contributed by atoms with E-state index >= 15 is 0 Å². The molecule has 1 atom stereocenters. The second-order valence-electron chi connectivity index (χ2n) is 7.88. The minimum Gasteiger partial charge on any atom is -0.450 e. The first-order chi connectivity index (χ1) is 16.3. The Morgan fingerprint density at radius 3 is 2.31 bits per heavy atom. The lowest BCUT2D eigenvalue weighted by atomic mass is 10.2. The monoisotopic (exact) mass is 563 g/mol. The Morgan fingerprint density at radius 2 is 1.77 bits per heavy atom. The molecule has 0 radical (unpaired) electrons. The lowest BCUT2D eigenvalue weighted by Crippen LogP contribution is -2.52. The summed E-state index contributed by atoms with van der Waals surface area (Å²) in [6, 6.07) is -0.714. The van der Waals surface area contributed by atoms with Crippen LogP contribution in [0.5, 0.6) is 0 Å². The molecule has 3 amide bonds. The molecule has 1 unspecified atom stereocenters. The van der Waals surface area contributed by atoms with Crippen LogP contribution in [0.4, 0.5) is 23.7 Å². The highest BCUT2D eigenvalue weighted by Gasteiger charge is 2.39. The number of hydrogen-bond acceptors (Lipinski definition) is 6. The van der Waals surface area contributed by atoms with Gasteiger partial charge in [0.05, 0.1) is 22.5 Å². The minimum absolute atomic E-state index is 0.224. The van der Waals surface area contributed by atoms with E-state index in [0.717, 1.165) is 4.68 Å². The molecule has 0 saturated carbocycles. The van der Waals surface area contributed by atoms with E-state index in [-0.39, 0.29) is 23.9 Å². The van der Waals surface area contributed by atoms with Crippen molar-refractivity contribution in [1.82, 2.24) is 29.4 Å². The Labute approximate surface area is 207 Å². The Bertz CT molecular complexity index is 1120. The van der Waals surface area contributed by atoms with Gasteiger partial charge in [-0.2, -0.15) is 23.4 Å². The Balaban J connectivity index is 1.69. The molecule has 2 aromatic rings. The molecule has 3 heterocycles. The van der Waals surface area contributed by atoms with Crippen LogP contribution >= 0.6 is 15.9 Å². The summed E-state index contributed by atoms with van der Waals surface area (Å²) >= 11 is 2.82. The van der Waals surface area contributed by atoms with E-state index < -0.39 is 34.4 Å². The van der Waals surface area contributed by atoms with Crippen molar-refractivity contribution in [2.24, 2.45) is 7.05 Å². The van der Waals surface area contributed by atoms with Gasteiger partial charge >= 0.3 is 12.3 Å². The summed E-state index contributed by atoms with van der Waals surface area (Å²) in [6.07, 6.45) is -3.70. The highest BCUT2D eigenvalue weighted by molar-refractivity contribution is 9.10. The van der Waals surface area contributed by atoms with Gasteiger partial charge in [-0.05, 0) is 36.7 Å². The zero-order chi connectivity index (χ0) is 26.1. The number of aryl methyl sites for hydroxylation is 2. The third-order valence-corrected chi connectivity index (χ3v) is 6.26. The molecule has 11 nitrogen and oxygen atoms in total. The first-order valence-corrected chi connectivity index (χ1v) is 11.5. The maximum absolute atomic E-state index is 13.1. The number of nitrogens with one attached hydrogen (secondary N) is 1. The van der Waals surface area contributed by atoms with Crippen LogP contribution in [0.15, 0.2) is 10.7 Å². The van der Waals surface area contributed by atoms with Gasteiger partial charge in [-0.25, -0.2) is 4.79 Å². The summed E-state index contributed by atoms with van der Waals surface area (Å²) in [4.78, 5) is 40.7. The standard InChI is InChI=1S/C20H25BrF3N7O4/c1-5-35-19(34)30-8-6-29(7-9-30)18(33)12(3)31-10-13(11(2)26-31)25-17(32)15-14(21)16(20(22,23)24)27-28(15)4/h10,12H,5-9H2,1-4H3,(H,25,32). The predicted molar refractivity (Wildman–Crippen MR) is 121 cm³/mol. The number of hydrogen-bond donors (Lipinski definition) is 1. The Morgan fingerprint density at radius 1 is 1.17 bits per heavy atom. The van der Waals surface area contributed by atoms with Gasteiger partial charge in [-0.1, -0.05) is 0 Å². The number of halogens is 4. The van der Waals surface area contributed by atoms with E-state index in [1.807, 2.05) is 0 Å². The van der Waals surface area contributed by atoms with Crippen molar-refractivity contribution in [2.45, 2.75) is 33.0 Å². The number of carbonyl (C=O) groups excluding carboxylic acids is 3. The third kappa shape index (κ3) is 5.60. The van der Waals surface area contributed by atoms with E-state index in [2.05, 4.69) is 31.4 Å². The quantitative estimate of drug-likeness (QED) is 0.598. The fourth-order valence-corrected chi connectivity index (χ4v) is 4.35. The molecule has 0 aliphatic carbocycles. The number of carbonyl (C=O) groups is 3. The molecule has 0 bridgehead atoms. The van der Waals surface area contributed by atoms with E-state index in [1.165, 1.54) is 22.8 Å². The SMILES string of the molecule is CCOC(=O)N1CCN(C(=O)C(C)n2cc(NC(=O)c3c(Br)c(C(F)(F)F)nn3C)c(C)n2)CC1. The molecule has 0 aromatic carbocycles. The molecule has 3 rings (SSSR count). The van der Waals surface area contributed by atoms with Crippen molar-refractivity contribution >= 4 is 39.5 Å². The molecular weight excluding hydrogens is 539 g/mol. The second-order valence-corrected chi connectivity index (χ2v) is 8.68. The maximum atomic E-state index is 13.1. The van der Waals surface area contributed by atoms with Crippen LogP contribution in [0.1, 0.15) is 41.8 Å².